The maximum absolute atomic E-state index is 8.37. The van der Waals surface area contributed by atoms with Crippen LogP contribution in [0, 0.1) is 48.1 Å². The summed E-state index contributed by atoms with van der Waals surface area (Å²) in [6.45, 7) is 20.9. The molecule has 0 amide bonds. The fourth-order valence-electron chi connectivity index (χ4n) is 7.04. The van der Waals surface area contributed by atoms with Gasteiger partial charge in [0.1, 0.15) is 5.82 Å². The molecule has 0 aliphatic rings. The summed E-state index contributed by atoms with van der Waals surface area (Å²) in [6, 6.07) is 32.8. The minimum Gasteiger partial charge on any atom is -0.308 e. The lowest BCUT2D eigenvalue weighted by molar-refractivity contribution is 1.06. The molecule has 46 heavy (non-hydrogen) atoms. The molecule has 5 aromatic carbocycles. The SMILES string of the molecule is [C-]#[N+]c1cc(-n2c3cc(C)ccc3c3ccc(C)cc32)c(-n2c3cc(C)ccc3c3ccc(C)cc32)cc1-c1nc(C)cc(C)n1. The molecule has 5 heteroatoms. The topological polar surface area (TPSA) is 40.0 Å². The summed E-state index contributed by atoms with van der Waals surface area (Å²) in [5, 5.41) is 4.76. The fraction of sp³-hybridized carbons (Fsp3) is 0.146. The van der Waals surface area contributed by atoms with Crippen LogP contribution in [-0.4, -0.2) is 19.1 Å². The zero-order chi connectivity index (χ0) is 31.9. The van der Waals surface area contributed by atoms with Crippen LogP contribution in [0.1, 0.15) is 33.6 Å². The van der Waals surface area contributed by atoms with Crippen molar-refractivity contribution in [2.24, 2.45) is 0 Å². The Morgan fingerprint density at radius 3 is 1.22 bits per heavy atom. The quantitative estimate of drug-likeness (QED) is 0.191. The zero-order valence-corrected chi connectivity index (χ0v) is 26.9. The van der Waals surface area contributed by atoms with Crippen molar-refractivity contribution in [3.05, 3.63) is 136 Å². The van der Waals surface area contributed by atoms with Gasteiger partial charge in [-0.05, 0) is 106 Å². The highest BCUT2D eigenvalue weighted by atomic mass is 15.1. The third kappa shape index (κ3) is 4.22. The molecule has 0 radical (unpaired) electrons. The number of hydrogen-bond donors (Lipinski definition) is 0. The van der Waals surface area contributed by atoms with Crippen LogP contribution in [0.25, 0.3) is 71.2 Å². The van der Waals surface area contributed by atoms with Gasteiger partial charge >= 0.3 is 0 Å². The van der Waals surface area contributed by atoms with Crippen molar-refractivity contribution >= 4 is 49.3 Å². The fourth-order valence-corrected chi connectivity index (χ4v) is 7.04. The van der Waals surface area contributed by atoms with Crippen LogP contribution in [0.5, 0.6) is 0 Å². The van der Waals surface area contributed by atoms with Crippen LogP contribution < -0.4 is 0 Å². The van der Waals surface area contributed by atoms with Gasteiger partial charge in [-0.1, -0.05) is 48.5 Å². The van der Waals surface area contributed by atoms with E-state index in [1.165, 1.54) is 43.8 Å². The molecule has 0 bridgehead atoms. The Kier molecular flexibility index (Phi) is 6.13. The predicted octanol–water partition coefficient (Wildman–Crippen LogP) is 10.7. The first-order chi connectivity index (χ1) is 22.2. The summed E-state index contributed by atoms with van der Waals surface area (Å²) >= 11 is 0. The van der Waals surface area contributed by atoms with Gasteiger partial charge in [0.15, 0.2) is 5.69 Å². The van der Waals surface area contributed by atoms with E-state index in [4.69, 9.17) is 16.5 Å². The largest absolute Gasteiger partial charge is 0.308 e. The number of nitrogens with zero attached hydrogens (tertiary/aromatic N) is 5. The third-order valence-corrected chi connectivity index (χ3v) is 9.08. The number of aromatic nitrogens is 4. The Morgan fingerprint density at radius 1 is 0.478 bits per heavy atom. The summed E-state index contributed by atoms with van der Waals surface area (Å²) < 4.78 is 4.73. The van der Waals surface area contributed by atoms with E-state index in [9.17, 15) is 0 Å². The van der Waals surface area contributed by atoms with E-state index in [0.717, 1.165) is 50.4 Å². The van der Waals surface area contributed by atoms with Crippen LogP contribution in [-0.2, 0) is 0 Å². The van der Waals surface area contributed by atoms with Crippen molar-refractivity contribution in [1.29, 1.82) is 0 Å². The monoisotopic (exact) mass is 595 g/mol. The molecule has 0 unspecified atom stereocenters. The van der Waals surface area contributed by atoms with Crippen molar-refractivity contribution in [1.82, 2.24) is 19.1 Å². The maximum atomic E-state index is 8.37. The highest BCUT2D eigenvalue weighted by Crippen LogP contribution is 2.43. The van der Waals surface area contributed by atoms with Crippen LogP contribution in [0.15, 0.2) is 91.0 Å². The molecule has 222 valence electrons. The Labute approximate surface area is 268 Å². The Balaban J connectivity index is 1.61. The van der Waals surface area contributed by atoms with E-state index in [0.29, 0.717) is 11.5 Å². The zero-order valence-electron chi connectivity index (χ0n) is 26.9. The molecule has 8 aromatic rings. The molecule has 3 aromatic heterocycles. The van der Waals surface area contributed by atoms with Crippen LogP contribution >= 0.6 is 0 Å². The van der Waals surface area contributed by atoms with Crippen LogP contribution in [0.4, 0.5) is 5.69 Å². The molecule has 5 nitrogen and oxygen atoms in total. The highest BCUT2D eigenvalue weighted by molar-refractivity contribution is 6.12. The molecule has 0 fully saturated rings. The molecule has 0 aliphatic heterocycles. The minimum atomic E-state index is 0.521. The highest BCUT2D eigenvalue weighted by Gasteiger charge is 2.23. The average molecular weight is 596 g/mol. The average Bonchev–Trinajstić information content (AvgIpc) is 3.50. The van der Waals surface area contributed by atoms with Gasteiger partial charge in [-0.3, -0.25) is 0 Å². The molecule has 0 N–H and O–H groups in total. The number of fused-ring (bicyclic) bond motifs is 6. The molecular formula is C41H33N5. The Morgan fingerprint density at radius 2 is 0.848 bits per heavy atom. The summed E-state index contributed by atoms with van der Waals surface area (Å²) in [6.07, 6.45) is 0. The van der Waals surface area contributed by atoms with Crippen molar-refractivity contribution in [3.8, 4) is 22.8 Å². The summed E-state index contributed by atoms with van der Waals surface area (Å²) in [5.41, 5.74) is 14.1. The van der Waals surface area contributed by atoms with E-state index < -0.39 is 0 Å². The molecule has 0 saturated carbocycles. The number of benzene rings is 5. The van der Waals surface area contributed by atoms with Crippen LogP contribution in [0.3, 0.4) is 0 Å². The minimum absolute atomic E-state index is 0.521. The van der Waals surface area contributed by atoms with Crippen molar-refractivity contribution in [2.45, 2.75) is 41.5 Å². The first-order valence-electron chi connectivity index (χ1n) is 15.6. The molecule has 0 aliphatic carbocycles. The second-order valence-electron chi connectivity index (χ2n) is 12.7. The molecule has 0 spiro atoms. The van der Waals surface area contributed by atoms with Crippen molar-refractivity contribution in [3.63, 3.8) is 0 Å². The van der Waals surface area contributed by atoms with Gasteiger partial charge in [0.2, 0.25) is 0 Å². The predicted molar refractivity (Wildman–Crippen MR) is 191 cm³/mol. The Hall–Kier alpha value is -5.73. The molecule has 3 heterocycles. The van der Waals surface area contributed by atoms with Gasteiger partial charge in [0, 0.05) is 38.5 Å². The van der Waals surface area contributed by atoms with Crippen LogP contribution in [0.2, 0.25) is 0 Å². The summed E-state index contributed by atoms with van der Waals surface area (Å²) in [4.78, 5) is 13.8. The van der Waals surface area contributed by atoms with E-state index >= 15 is 0 Å². The second kappa shape index (κ2) is 10.2. The standard InChI is InChI=1S/C41H33N5/c1-23-8-12-29-30-13-9-24(2)17-36(30)45(35(29)16-23)39-21-33(41-43-27(5)20-28(6)44-41)34(42-7)22-40(39)46-37-18-25(3)10-14-31(37)32-15-11-26(4)19-38(32)46/h8-22H,1-6H3. The molecular weight excluding hydrogens is 562 g/mol. The van der Waals surface area contributed by atoms with E-state index in [1.54, 1.807) is 0 Å². The van der Waals surface area contributed by atoms with Gasteiger partial charge in [-0.25, -0.2) is 14.8 Å². The smallest absolute Gasteiger partial charge is 0.200 e. The molecule has 0 atom stereocenters. The number of rotatable bonds is 3. The number of aryl methyl sites for hydroxylation is 6. The van der Waals surface area contributed by atoms with E-state index in [-0.39, 0.29) is 0 Å². The first kappa shape index (κ1) is 27.8. The lowest BCUT2D eigenvalue weighted by Crippen LogP contribution is -2.05. The van der Waals surface area contributed by atoms with Gasteiger partial charge in [0.25, 0.3) is 0 Å². The lowest BCUT2D eigenvalue weighted by Gasteiger charge is -2.20. The van der Waals surface area contributed by atoms with Gasteiger partial charge in [-0.15, -0.1) is 0 Å². The summed E-state index contributed by atoms with van der Waals surface area (Å²) in [5.74, 6) is 0.568. The van der Waals surface area contributed by atoms with Gasteiger partial charge in [-0.2, -0.15) is 0 Å². The third-order valence-electron chi connectivity index (χ3n) is 9.08. The molecule has 8 rings (SSSR count). The van der Waals surface area contributed by atoms with E-state index in [2.05, 4.69) is 121 Å². The summed E-state index contributed by atoms with van der Waals surface area (Å²) in [7, 11) is 0. The van der Waals surface area contributed by atoms with Crippen molar-refractivity contribution in [2.75, 3.05) is 0 Å². The Bertz CT molecular complexity index is 2470. The first-order valence-corrected chi connectivity index (χ1v) is 15.6. The van der Waals surface area contributed by atoms with E-state index in [1.807, 2.05) is 26.0 Å². The lowest BCUT2D eigenvalue weighted by atomic mass is 10.1. The maximum Gasteiger partial charge on any atom is 0.200 e. The molecule has 0 saturated heterocycles. The number of hydrogen-bond acceptors (Lipinski definition) is 2. The van der Waals surface area contributed by atoms with Gasteiger partial charge < -0.3 is 9.13 Å². The van der Waals surface area contributed by atoms with Crippen molar-refractivity contribution < 1.29 is 0 Å². The normalized spacial score (nSPS) is 11.7. The second-order valence-corrected chi connectivity index (χ2v) is 12.7. The van der Waals surface area contributed by atoms with Gasteiger partial charge in [0.05, 0.1) is 40.0 Å².